The number of nitrogens with zero attached hydrogens (tertiary/aromatic N) is 1. The molecular formula is C14H30N2. The Bertz CT molecular complexity index is 180. The van der Waals surface area contributed by atoms with Crippen molar-refractivity contribution in [1.29, 1.82) is 0 Å². The Balaban J connectivity index is 2.08. The summed E-state index contributed by atoms with van der Waals surface area (Å²) >= 11 is 0. The van der Waals surface area contributed by atoms with E-state index in [4.69, 9.17) is 0 Å². The Kier molecular flexibility index (Phi) is 6.37. The van der Waals surface area contributed by atoms with Crippen LogP contribution in [0.4, 0.5) is 0 Å². The lowest BCUT2D eigenvalue weighted by molar-refractivity contribution is 0.241. The first-order valence-electron chi connectivity index (χ1n) is 7.08. The molecule has 1 aliphatic heterocycles. The highest BCUT2D eigenvalue weighted by Gasteiger charge is 2.24. The van der Waals surface area contributed by atoms with Crippen LogP contribution in [-0.2, 0) is 0 Å². The molecule has 16 heavy (non-hydrogen) atoms. The van der Waals surface area contributed by atoms with E-state index in [0.29, 0.717) is 6.04 Å². The molecule has 2 nitrogen and oxygen atoms in total. The highest BCUT2D eigenvalue weighted by atomic mass is 15.2. The molecule has 0 aromatic heterocycles. The summed E-state index contributed by atoms with van der Waals surface area (Å²) in [5.41, 5.74) is 0. The maximum atomic E-state index is 3.58. The van der Waals surface area contributed by atoms with Crippen LogP contribution < -0.4 is 5.32 Å². The van der Waals surface area contributed by atoms with Crippen molar-refractivity contribution in [2.24, 2.45) is 11.8 Å². The Morgan fingerprint density at radius 1 is 1.31 bits per heavy atom. The lowest BCUT2D eigenvalue weighted by Crippen LogP contribution is -2.39. The van der Waals surface area contributed by atoms with Gasteiger partial charge in [0.2, 0.25) is 0 Å². The lowest BCUT2D eigenvalue weighted by atomic mass is 10.1. The van der Waals surface area contributed by atoms with Gasteiger partial charge in [0.25, 0.3) is 0 Å². The second-order valence-electron chi connectivity index (χ2n) is 5.79. The zero-order valence-electron chi connectivity index (χ0n) is 11.6. The van der Waals surface area contributed by atoms with E-state index in [2.05, 4.69) is 37.9 Å². The van der Waals surface area contributed by atoms with Gasteiger partial charge in [-0.25, -0.2) is 0 Å². The minimum Gasteiger partial charge on any atom is -0.315 e. The first-order chi connectivity index (χ1) is 7.63. The van der Waals surface area contributed by atoms with Gasteiger partial charge in [-0.1, -0.05) is 27.2 Å². The third-order valence-electron chi connectivity index (χ3n) is 3.86. The molecule has 1 heterocycles. The van der Waals surface area contributed by atoms with Crippen LogP contribution in [0.3, 0.4) is 0 Å². The van der Waals surface area contributed by atoms with Crippen LogP contribution in [0.5, 0.6) is 0 Å². The quantitative estimate of drug-likeness (QED) is 0.672. The second kappa shape index (κ2) is 7.29. The molecule has 0 aliphatic carbocycles. The fourth-order valence-corrected chi connectivity index (χ4v) is 2.43. The van der Waals surface area contributed by atoms with E-state index in [0.717, 1.165) is 18.4 Å². The molecule has 2 heteroatoms. The highest BCUT2D eigenvalue weighted by molar-refractivity contribution is 4.79. The molecule has 0 spiro atoms. The normalized spacial score (nSPS) is 24.2. The average molecular weight is 226 g/mol. The van der Waals surface area contributed by atoms with Crippen molar-refractivity contribution in [1.82, 2.24) is 10.2 Å². The molecule has 1 rings (SSSR count). The zero-order valence-corrected chi connectivity index (χ0v) is 11.6. The predicted octanol–water partition coefficient (Wildman–Crippen LogP) is 2.74. The van der Waals surface area contributed by atoms with Crippen molar-refractivity contribution in [3.05, 3.63) is 0 Å². The van der Waals surface area contributed by atoms with Crippen molar-refractivity contribution < 1.29 is 0 Å². The smallest absolute Gasteiger partial charge is 0.0192 e. The van der Waals surface area contributed by atoms with Gasteiger partial charge < -0.3 is 5.32 Å². The summed E-state index contributed by atoms with van der Waals surface area (Å²) in [5, 5.41) is 3.58. The first-order valence-corrected chi connectivity index (χ1v) is 7.08. The molecule has 0 aromatic carbocycles. The maximum absolute atomic E-state index is 3.58. The van der Waals surface area contributed by atoms with Gasteiger partial charge in [0.15, 0.2) is 0 Å². The average Bonchev–Trinajstić information content (AvgIpc) is 2.72. The Hall–Kier alpha value is -0.0800. The SMILES string of the molecule is CCC1CCN(C(C)CNCCC(C)C)C1. The number of hydrogen-bond acceptors (Lipinski definition) is 2. The van der Waals surface area contributed by atoms with Crippen molar-refractivity contribution in [3.8, 4) is 0 Å². The molecule has 1 saturated heterocycles. The third kappa shape index (κ3) is 4.84. The van der Waals surface area contributed by atoms with Crippen molar-refractivity contribution in [2.75, 3.05) is 26.2 Å². The summed E-state index contributed by atoms with van der Waals surface area (Å²) in [6, 6.07) is 0.712. The van der Waals surface area contributed by atoms with Crippen LogP contribution in [0.25, 0.3) is 0 Å². The fraction of sp³-hybridized carbons (Fsp3) is 1.00. The van der Waals surface area contributed by atoms with Crippen LogP contribution >= 0.6 is 0 Å². The fourth-order valence-electron chi connectivity index (χ4n) is 2.43. The molecule has 1 aliphatic rings. The van der Waals surface area contributed by atoms with E-state index >= 15 is 0 Å². The molecule has 0 aromatic rings. The summed E-state index contributed by atoms with van der Waals surface area (Å²) in [7, 11) is 0. The van der Waals surface area contributed by atoms with E-state index in [9.17, 15) is 0 Å². The van der Waals surface area contributed by atoms with Gasteiger partial charge in [-0.05, 0) is 44.7 Å². The lowest BCUT2D eigenvalue weighted by Gasteiger charge is -2.24. The largest absolute Gasteiger partial charge is 0.315 e. The van der Waals surface area contributed by atoms with Crippen LogP contribution in [-0.4, -0.2) is 37.1 Å². The molecule has 96 valence electrons. The van der Waals surface area contributed by atoms with E-state index in [1.807, 2.05) is 0 Å². The van der Waals surface area contributed by atoms with E-state index in [1.54, 1.807) is 0 Å². The van der Waals surface area contributed by atoms with Crippen LogP contribution in [0.15, 0.2) is 0 Å². The Morgan fingerprint density at radius 2 is 2.06 bits per heavy atom. The van der Waals surface area contributed by atoms with Crippen LogP contribution in [0.1, 0.15) is 47.0 Å². The maximum Gasteiger partial charge on any atom is 0.0192 e. The third-order valence-corrected chi connectivity index (χ3v) is 3.86. The van der Waals surface area contributed by atoms with Crippen molar-refractivity contribution >= 4 is 0 Å². The van der Waals surface area contributed by atoms with Gasteiger partial charge in [0.1, 0.15) is 0 Å². The van der Waals surface area contributed by atoms with Crippen molar-refractivity contribution in [3.63, 3.8) is 0 Å². The van der Waals surface area contributed by atoms with Gasteiger partial charge in [-0.15, -0.1) is 0 Å². The second-order valence-corrected chi connectivity index (χ2v) is 5.79. The minimum atomic E-state index is 0.712. The number of nitrogens with one attached hydrogen (secondary N) is 1. The van der Waals surface area contributed by atoms with Crippen molar-refractivity contribution in [2.45, 2.75) is 53.0 Å². The number of rotatable bonds is 7. The van der Waals surface area contributed by atoms with Crippen LogP contribution in [0, 0.1) is 11.8 Å². The van der Waals surface area contributed by atoms with E-state index in [1.165, 1.54) is 38.9 Å². The molecule has 0 bridgehead atoms. The number of likely N-dealkylation sites (tertiary alicyclic amines) is 1. The minimum absolute atomic E-state index is 0.712. The number of hydrogen-bond donors (Lipinski definition) is 1. The van der Waals surface area contributed by atoms with Crippen LogP contribution in [0.2, 0.25) is 0 Å². The molecule has 2 atom stereocenters. The van der Waals surface area contributed by atoms with Gasteiger partial charge >= 0.3 is 0 Å². The van der Waals surface area contributed by atoms with Gasteiger partial charge in [0.05, 0.1) is 0 Å². The van der Waals surface area contributed by atoms with E-state index < -0.39 is 0 Å². The summed E-state index contributed by atoms with van der Waals surface area (Å²) < 4.78 is 0. The highest BCUT2D eigenvalue weighted by Crippen LogP contribution is 2.20. The standard InChI is InChI=1S/C14H30N2/c1-5-14-7-9-16(11-14)13(4)10-15-8-6-12(2)3/h12-15H,5-11H2,1-4H3. The van der Waals surface area contributed by atoms with Gasteiger partial charge in [0, 0.05) is 19.1 Å². The zero-order chi connectivity index (χ0) is 12.0. The summed E-state index contributed by atoms with van der Waals surface area (Å²) in [6.45, 7) is 14.2. The Labute approximate surface area is 102 Å². The van der Waals surface area contributed by atoms with Gasteiger partial charge in [-0.2, -0.15) is 0 Å². The molecular weight excluding hydrogens is 196 g/mol. The summed E-state index contributed by atoms with van der Waals surface area (Å²) in [5.74, 6) is 1.78. The van der Waals surface area contributed by atoms with E-state index in [-0.39, 0.29) is 0 Å². The topological polar surface area (TPSA) is 15.3 Å². The summed E-state index contributed by atoms with van der Waals surface area (Å²) in [4.78, 5) is 2.65. The first kappa shape index (κ1) is 14.0. The Morgan fingerprint density at radius 3 is 2.62 bits per heavy atom. The molecule has 1 fully saturated rings. The van der Waals surface area contributed by atoms with Gasteiger partial charge in [-0.3, -0.25) is 4.90 Å². The molecule has 2 unspecified atom stereocenters. The molecule has 1 N–H and O–H groups in total. The molecule has 0 saturated carbocycles. The predicted molar refractivity (Wildman–Crippen MR) is 71.8 cm³/mol. The molecule has 0 radical (unpaired) electrons. The monoisotopic (exact) mass is 226 g/mol. The molecule has 0 amide bonds. The summed E-state index contributed by atoms with van der Waals surface area (Å²) in [6.07, 6.45) is 4.06.